The van der Waals surface area contributed by atoms with E-state index in [0.717, 1.165) is 16.8 Å². The molecular formula is C20H21N3O3. The number of imide groups is 1. The van der Waals surface area contributed by atoms with Crippen LogP contribution in [0.5, 0.6) is 0 Å². The molecule has 2 aromatic rings. The summed E-state index contributed by atoms with van der Waals surface area (Å²) in [4.78, 5) is 38.1. The van der Waals surface area contributed by atoms with Gasteiger partial charge in [0.05, 0.1) is 0 Å². The first kappa shape index (κ1) is 17.7. The van der Waals surface area contributed by atoms with Crippen molar-refractivity contribution in [2.45, 2.75) is 12.8 Å². The molecule has 1 N–H and O–H groups in total. The Morgan fingerprint density at radius 3 is 2.27 bits per heavy atom. The summed E-state index contributed by atoms with van der Waals surface area (Å²) in [5.41, 5.74) is 2.93. The molecule has 1 saturated heterocycles. The van der Waals surface area contributed by atoms with Crippen LogP contribution >= 0.6 is 0 Å². The standard InChI is InChI=1S/C20H21N3O3/c1-22-14-19(25)23(20(22)26)13-5-8-18(24)21-17-11-9-16(10-12-17)15-6-3-2-4-7-15/h2-4,6-7,9-12H,5,8,13-14H2,1H3,(H,21,24). The molecule has 1 heterocycles. The molecule has 6 nitrogen and oxygen atoms in total. The second-order valence-corrected chi connectivity index (χ2v) is 6.28. The molecule has 0 aliphatic carbocycles. The first-order valence-electron chi connectivity index (χ1n) is 8.55. The highest BCUT2D eigenvalue weighted by Gasteiger charge is 2.32. The fourth-order valence-corrected chi connectivity index (χ4v) is 2.89. The predicted octanol–water partition coefficient (Wildman–Crippen LogP) is 2.97. The maximum Gasteiger partial charge on any atom is 0.326 e. The largest absolute Gasteiger partial charge is 0.326 e. The number of hydrogen-bond acceptors (Lipinski definition) is 3. The SMILES string of the molecule is CN1CC(=O)N(CCCC(=O)Nc2ccc(-c3ccccc3)cc2)C1=O. The van der Waals surface area contributed by atoms with Gasteiger partial charge in [-0.3, -0.25) is 14.5 Å². The monoisotopic (exact) mass is 351 g/mol. The summed E-state index contributed by atoms with van der Waals surface area (Å²) in [5.74, 6) is -0.348. The van der Waals surface area contributed by atoms with Gasteiger partial charge in [-0.25, -0.2) is 4.79 Å². The summed E-state index contributed by atoms with van der Waals surface area (Å²) < 4.78 is 0. The molecular weight excluding hydrogens is 330 g/mol. The van der Waals surface area contributed by atoms with Gasteiger partial charge in [-0.2, -0.15) is 0 Å². The van der Waals surface area contributed by atoms with E-state index in [9.17, 15) is 14.4 Å². The minimum atomic E-state index is -0.299. The third kappa shape index (κ3) is 4.08. The molecule has 0 unspecified atom stereocenters. The molecule has 26 heavy (non-hydrogen) atoms. The lowest BCUT2D eigenvalue weighted by molar-refractivity contribution is -0.125. The molecule has 0 bridgehead atoms. The van der Waals surface area contributed by atoms with E-state index in [1.807, 2.05) is 54.6 Å². The van der Waals surface area contributed by atoms with Crippen molar-refractivity contribution in [2.75, 3.05) is 25.5 Å². The smallest absolute Gasteiger partial charge is 0.326 e. The van der Waals surface area contributed by atoms with E-state index in [2.05, 4.69) is 5.32 Å². The van der Waals surface area contributed by atoms with Crippen LogP contribution in [0.4, 0.5) is 10.5 Å². The van der Waals surface area contributed by atoms with Crippen molar-refractivity contribution >= 4 is 23.5 Å². The van der Waals surface area contributed by atoms with E-state index in [4.69, 9.17) is 0 Å². The summed E-state index contributed by atoms with van der Waals surface area (Å²) >= 11 is 0. The zero-order valence-electron chi connectivity index (χ0n) is 14.6. The third-order valence-corrected chi connectivity index (χ3v) is 4.29. The van der Waals surface area contributed by atoms with Crippen molar-refractivity contribution in [1.82, 2.24) is 9.80 Å². The van der Waals surface area contributed by atoms with Gasteiger partial charge in [-0.15, -0.1) is 0 Å². The molecule has 1 aliphatic rings. The van der Waals surface area contributed by atoms with Crippen LogP contribution in [0.1, 0.15) is 12.8 Å². The molecule has 0 saturated carbocycles. The predicted molar refractivity (Wildman–Crippen MR) is 99.5 cm³/mol. The van der Waals surface area contributed by atoms with E-state index in [1.54, 1.807) is 7.05 Å². The topological polar surface area (TPSA) is 69.7 Å². The molecule has 6 heteroatoms. The van der Waals surface area contributed by atoms with Crippen molar-refractivity contribution in [3.63, 3.8) is 0 Å². The van der Waals surface area contributed by atoms with Gasteiger partial charge < -0.3 is 10.2 Å². The highest BCUT2D eigenvalue weighted by molar-refractivity contribution is 6.01. The van der Waals surface area contributed by atoms with E-state index >= 15 is 0 Å². The fraction of sp³-hybridized carbons (Fsp3) is 0.250. The van der Waals surface area contributed by atoms with Crippen LogP contribution in [0.3, 0.4) is 0 Å². The Morgan fingerprint density at radius 2 is 1.65 bits per heavy atom. The number of nitrogens with one attached hydrogen (secondary N) is 1. The summed E-state index contributed by atoms with van der Waals surface area (Å²) in [6.07, 6.45) is 0.695. The Balaban J connectivity index is 1.48. The Morgan fingerprint density at radius 1 is 1.00 bits per heavy atom. The van der Waals surface area contributed by atoms with Gasteiger partial charge in [0, 0.05) is 25.7 Å². The van der Waals surface area contributed by atoms with Gasteiger partial charge in [-0.1, -0.05) is 42.5 Å². The van der Waals surface area contributed by atoms with E-state index in [1.165, 1.54) is 9.80 Å². The summed E-state index contributed by atoms with van der Waals surface area (Å²) in [7, 11) is 1.59. The number of amides is 4. The average molecular weight is 351 g/mol. The van der Waals surface area contributed by atoms with Crippen molar-refractivity contribution in [3.8, 4) is 11.1 Å². The number of likely N-dealkylation sites (N-methyl/N-ethyl adjacent to an activating group) is 1. The molecule has 134 valence electrons. The lowest BCUT2D eigenvalue weighted by atomic mass is 10.1. The van der Waals surface area contributed by atoms with Gasteiger partial charge in [0.15, 0.2) is 0 Å². The lowest BCUT2D eigenvalue weighted by Gasteiger charge is -2.13. The zero-order valence-corrected chi connectivity index (χ0v) is 14.6. The quantitative estimate of drug-likeness (QED) is 0.814. The minimum Gasteiger partial charge on any atom is -0.326 e. The van der Waals surface area contributed by atoms with Crippen LogP contribution in [-0.2, 0) is 9.59 Å². The minimum absolute atomic E-state index is 0.110. The number of anilines is 1. The van der Waals surface area contributed by atoms with Crippen LogP contribution in [-0.4, -0.2) is 47.8 Å². The Hall–Kier alpha value is -3.15. The van der Waals surface area contributed by atoms with Crippen LogP contribution in [0.25, 0.3) is 11.1 Å². The van der Waals surface area contributed by atoms with Crippen LogP contribution < -0.4 is 5.32 Å². The summed E-state index contributed by atoms with van der Waals surface area (Å²) in [5, 5.41) is 2.84. The normalized spacial score (nSPS) is 14.0. The number of urea groups is 1. The number of carbonyl (C=O) groups excluding carboxylic acids is 3. The van der Waals surface area contributed by atoms with Crippen LogP contribution in [0.15, 0.2) is 54.6 Å². The highest BCUT2D eigenvalue weighted by atomic mass is 16.2. The van der Waals surface area contributed by atoms with Gasteiger partial charge in [0.25, 0.3) is 0 Å². The van der Waals surface area contributed by atoms with Crippen molar-refractivity contribution in [2.24, 2.45) is 0 Å². The second kappa shape index (κ2) is 7.82. The number of nitrogens with zero attached hydrogens (tertiary/aromatic N) is 2. The second-order valence-electron chi connectivity index (χ2n) is 6.28. The average Bonchev–Trinajstić information content (AvgIpc) is 2.89. The van der Waals surface area contributed by atoms with Crippen LogP contribution in [0, 0.1) is 0 Å². The van der Waals surface area contributed by atoms with Gasteiger partial charge in [-0.05, 0) is 29.7 Å². The molecule has 2 aromatic carbocycles. The van der Waals surface area contributed by atoms with Gasteiger partial charge in [0.1, 0.15) is 6.54 Å². The third-order valence-electron chi connectivity index (χ3n) is 4.29. The Bertz CT molecular complexity index is 803. The van der Waals surface area contributed by atoms with Crippen LogP contribution in [0.2, 0.25) is 0 Å². The van der Waals surface area contributed by atoms with Crippen molar-refractivity contribution in [1.29, 1.82) is 0 Å². The molecule has 4 amide bonds. The first-order chi connectivity index (χ1) is 12.5. The molecule has 0 radical (unpaired) electrons. The Kier molecular flexibility index (Phi) is 5.31. The fourth-order valence-electron chi connectivity index (χ4n) is 2.89. The number of benzene rings is 2. The van der Waals surface area contributed by atoms with Gasteiger partial charge >= 0.3 is 6.03 Å². The molecule has 0 aromatic heterocycles. The molecule has 1 aliphatic heterocycles. The highest BCUT2D eigenvalue weighted by Crippen LogP contribution is 2.21. The lowest BCUT2D eigenvalue weighted by Crippen LogP contribution is -2.32. The van der Waals surface area contributed by atoms with E-state index in [0.29, 0.717) is 6.42 Å². The summed E-state index contributed by atoms with van der Waals surface area (Å²) in [6.45, 7) is 0.376. The van der Waals surface area contributed by atoms with E-state index in [-0.39, 0.29) is 37.4 Å². The maximum atomic E-state index is 12.1. The zero-order chi connectivity index (χ0) is 18.5. The first-order valence-corrected chi connectivity index (χ1v) is 8.55. The van der Waals surface area contributed by atoms with Gasteiger partial charge in [0.2, 0.25) is 11.8 Å². The molecule has 0 spiro atoms. The van der Waals surface area contributed by atoms with Crippen molar-refractivity contribution < 1.29 is 14.4 Å². The molecule has 1 fully saturated rings. The number of hydrogen-bond donors (Lipinski definition) is 1. The van der Waals surface area contributed by atoms with Crippen molar-refractivity contribution in [3.05, 3.63) is 54.6 Å². The number of carbonyl (C=O) groups is 3. The molecule has 0 atom stereocenters. The summed E-state index contributed by atoms with van der Waals surface area (Å²) in [6, 6.07) is 17.4. The Labute approximate surface area is 152 Å². The number of rotatable bonds is 6. The molecule has 3 rings (SSSR count). The maximum absolute atomic E-state index is 12.1. The van der Waals surface area contributed by atoms with E-state index < -0.39 is 0 Å².